The van der Waals surface area contributed by atoms with E-state index in [1.165, 1.54) is 0 Å². The first-order valence-electron chi connectivity index (χ1n) is 6.11. The summed E-state index contributed by atoms with van der Waals surface area (Å²) in [4.78, 5) is 23.9. The van der Waals surface area contributed by atoms with Crippen molar-refractivity contribution in [1.82, 2.24) is 10.6 Å². The van der Waals surface area contributed by atoms with Crippen LogP contribution >= 0.6 is 27.5 Å². The van der Waals surface area contributed by atoms with Crippen LogP contribution in [-0.4, -0.2) is 24.4 Å². The van der Waals surface area contributed by atoms with E-state index in [1.807, 2.05) is 0 Å². The van der Waals surface area contributed by atoms with Gasteiger partial charge in [0.1, 0.15) is 6.04 Å². The molecule has 102 valence electrons. The van der Waals surface area contributed by atoms with Gasteiger partial charge in [-0.25, -0.2) is 0 Å². The number of amides is 2. The lowest BCUT2D eigenvalue weighted by molar-refractivity contribution is -0.122. The summed E-state index contributed by atoms with van der Waals surface area (Å²) < 4.78 is 0.617. The molecule has 0 aliphatic carbocycles. The van der Waals surface area contributed by atoms with Crippen LogP contribution in [0.3, 0.4) is 0 Å². The Bertz CT molecular complexity index is 507. The molecule has 1 aromatic carbocycles. The van der Waals surface area contributed by atoms with Crippen LogP contribution in [0.2, 0.25) is 5.02 Å². The first-order chi connectivity index (χ1) is 9.08. The Morgan fingerprint density at radius 1 is 1.42 bits per heavy atom. The van der Waals surface area contributed by atoms with Crippen LogP contribution in [-0.2, 0) is 4.79 Å². The van der Waals surface area contributed by atoms with Crippen molar-refractivity contribution in [3.8, 4) is 0 Å². The minimum Gasteiger partial charge on any atom is -0.354 e. The van der Waals surface area contributed by atoms with Crippen LogP contribution in [0.1, 0.15) is 29.6 Å². The number of benzene rings is 1. The smallest absolute Gasteiger partial charge is 0.253 e. The maximum Gasteiger partial charge on any atom is 0.253 e. The topological polar surface area (TPSA) is 58.2 Å². The van der Waals surface area contributed by atoms with E-state index in [0.29, 0.717) is 28.0 Å². The number of carbonyl (C=O) groups is 2. The largest absolute Gasteiger partial charge is 0.354 e. The average Bonchev–Trinajstić information content (AvgIpc) is 2.55. The van der Waals surface area contributed by atoms with E-state index in [0.717, 1.165) is 12.8 Å². The molecule has 2 amide bonds. The molecule has 1 fully saturated rings. The lowest BCUT2D eigenvalue weighted by Crippen LogP contribution is -2.45. The summed E-state index contributed by atoms with van der Waals surface area (Å²) in [6.07, 6.45) is 2.54. The first kappa shape index (κ1) is 14.3. The zero-order chi connectivity index (χ0) is 13.8. The summed E-state index contributed by atoms with van der Waals surface area (Å²) in [5, 5.41) is 6.10. The van der Waals surface area contributed by atoms with Gasteiger partial charge >= 0.3 is 0 Å². The Morgan fingerprint density at radius 3 is 2.95 bits per heavy atom. The van der Waals surface area contributed by atoms with Crippen molar-refractivity contribution in [2.24, 2.45) is 0 Å². The van der Waals surface area contributed by atoms with E-state index in [9.17, 15) is 9.59 Å². The van der Waals surface area contributed by atoms with Crippen LogP contribution < -0.4 is 10.6 Å². The molecule has 1 aromatic rings. The molecule has 1 aliphatic heterocycles. The van der Waals surface area contributed by atoms with E-state index in [4.69, 9.17) is 11.6 Å². The number of hydrogen-bond donors (Lipinski definition) is 2. The number of hydrogen-bond acceptors (Lipinski definition) is 2. The van der Waals surface area contributed by atoms with Crippen LogP contribution in [0, 0.1) is 0 Å². The lowest BCUT2D eigenvalue weighted by atomic mass is 10.1. The van der Waals surface area contributed by atoms with Crippen LogP contribution in [0.25, 0.3) is 0 Å². The van der Waals surface area contributed by atoms with Crippen LogP contribution in [0.5, 0.6) is 0 Å². The van der Waals surface area contributed by atoms with Gasteiger partial charge in [0, 0.05) is 16.0 Å². The zero-order valence-electron chi connectivity index (χ0n) is 10.2. The summed E-state index contributed by atoms with van der Waals surface area (Å²) in [5.74, 6) is -0.387. The highest BCUT2D eigenvalue weighted by Crippen LogP contribution is 2.21. The molecule has 1 aliphatic rings. The van der Waals surface area contributed by atoms with Gasteiger partial charge in [-0.3, -0.25) is 9.59 Å². The fraction of sp³-hybridized carbons (Fsp3) is 0.385. The van der Waals surface area contributed by atoms with Gasteiger partial charge in [0.2, 0.25) is 5.91 Å². The lowest BCUT2D eigenvalue weighted by Gasteiger charge is -2.15. The van der Waals surface area contributed by atoms with Gasteiger partial charge in [-0.05, 0) is 53.4 Å². The molecule has 4 nitrogen and oxygen atoms in total. The summed E-state index contributed by atoms with van der Waals surface area (Å²) in [7, 11) is 0. The summed E-state index contributed by atoms with van der Waals surface area (Å²) in [6, 6.07) is 4.48. The molecule has 0 aromatic heterocycles. The predicted octanol–water partition coefficient (Wildman–Crippen LogP) is 2.50. The van der Waals surface area contributed by atoms with Crippen LogP contribution in [0.15, 0.2) is 22.7 Å². The van der Waals surface area contributed by atoms with Crippen molar-refractivity contribution in [2.45, 2.75) is 25.3 Å². The second-order valence-electron chi connectivity index (χ2n) is 4.44. The second-order valence-corrected chi connectivity index (χ2v) is 5.73. The highest BCUT2D eigenvalue weighted by molar-refractivity contribution is 9.10. The molecule has 6 heteroatoms. The Hall–Kier alpha value is -1.07. The molecule has 1 atom stereocenters. The molecule has 2 N–H and O–H groups in total. The van der Waals surface area contributed by atoms with Gasteiger partial charge < -0.3 is 10.6 Å². The Balaban J connectivity index is 2.09. The Kier molecular flexibility index (Phi) is 4.82. The standard InChI is InChI=1S/C13H14BrClN2O2/c14-10-7-8(15)4-5-9(10)12(18)17-11-3-1-2-6-16-13(11)19/h4-5,7,11H,1-3,6H2,(H,16,19)(H,17,18). The number of halogens is 2. The molecule has 0 spiro atoms. The maximum atomic E-state index is 12.1. The molecule has 1 heterocycles. The van der Waals surface area contributed by atoms with Crippen LogP contribution in [0.4, 0.5) is 0 Å². The minimum atomic E-state index is -0.461. The van der Waals surface area contributed by atoms with Gasteiger partial charge in [0.05, 0.1) is 5.56 Å². The van der Waals surface area contributed by atoms with Gasteiger partial charge in [0.25, 0.3) is 5.91 Å². The van der Waals surface area contributed by atoms with Gasteiger partial charge in [0.15, 0.2) is 0 Å². The van der Waals surface area contributed by atoms with Crippen molar-refractivity contribution in [3.05, 3.63) is 33.3 Å². The quantitative estimate of drug-likeness (QED) is 0.865. The first-order valence-corrected chi connectivity index (χ1v) is 7.28. The summed E-state index contributed by atoms with van der Waals surface area (Å²) in [6.45, 7) is 0.676. The summed E-state index contributed by atoms with van der Waals surface area (Å²) >= 11 is 9.13. The molecule has 1 unspecified atom stereocenters. The van der Waals surface area contributed by atoms with Crippen molar-refractivity contribution in [1.29, 1.82) is 0 Å². The monoisotopic (exact) mass is 344 g/mol. The summed E-state index contributed by atoms with van der Waals surface area (Å²) in [5.41, 5.74) is 0.474. The minimum absolute atomic E-state index is 0.115. The fourth-order valence-corrected chi connectivity index (χ4v) is 2.85. The predicted molar refractivity (Wildman–Crippen MR) is 77.3 cm³/mol. The van der Waals surface area contributed by atoms with Gasteiger partial charge in [-0.2, -0.15) is 0 Å². The molecule has 1 saturated heterocycles. The Morgan fingerprint density at radius 2 is 2.21 bits per heavy atom. The third-order valence-corrected chi connectivity index (χ3v) is 3.91. The van der Waals surface area contributed by atoms with Crippen molar-refractivity contribution < 1.29 is 9.59 Å². The normalized spacial score (nSPS) is 19.5. The van der Waals surface area contributed by atoms with E-state index in [2.05, 4.69) is 26.6 Å². The third kappa shape index (κ3) is 3.70. The number of carbonyl (C=O) groups excluding carboxylic acids is 2. The van der Waals surface area contributed by atoms with Gasteiger partial charge in [-0.15, -0.1) is 0 Å². The number of rotatable bonds is 2. The number of nitrogens with one attached hydrogen (secondary N) is 2. The molecule has 0 radical (unpaired) electrons. The Labute approximate surface area is 125 Å². The highest BCUT2D eigenvalue weighted by atomic mass is 79.9. The zero-order valence-corrected chi connectivity index (χ0v) is 12.6. The third-order valence-electron chi connectivity index (χ3n) is 3.02. The second kappa shape index (κ2) is 6.39. The van der Waals surface area contributed by atoms with Gasteiger partial charge in [-0.1, -0.05) is 11.6 Å². The molecular formula is C13H14BrClN2O2. The maximum absolute atomic E-state index is 12.1. The highest BCUT2D eigenvalue weighted by Gasteiger charge is 2.23. The molecule has 2 rings (SSSR count). The molecule has 0 saturated carbocycles. The van der Waals surface area contributed by atoms with E-state index >= 15 is 0 Å². The van der Waals surface area contributed by atoms with E-state index in [-0.39, 0.29) is 11.8 Å². The van der Waals surface area contributed by atoms with Crippen molar-refractivity contribution in [3.63, 3.8) is 0 Å². The van der Waals surface area contributed by atoms with E-state index in [1.54, 1.807) is 18.2 Å². The SMILES string of the molecule is O=C(NC1CCCCNC1=O)c1ccc(Cl)cc1Br. The average molecular weight is 346 g/mol. The van der Waals surface area contributed by atoms with E-state index < -0.39 is 6.04 Å². The molecule has 19 heavy (non-hydrogen) atoms. The van der Waals surface area contributed by atoms with Crippen molar-refractivity contribution >= 4 is 39.3 Å². The van der Waals surface area contributed by atoms with Crippen molar-refractivity contribution in [2.75, 3.05) is 6.54 Å². The fourth-order valence-electron chi connectivity index (χ4n) is 1.99. The molecular weight excluding hydrogens is 332 g/mol. The molecule has 0 bridgehead atoms.